The second-order valence-electron chi connectivity index (χ2n) is 8.39. The van der Waals surface area contributed by atoms with Crippen molar-refractivity contribution in [3.8, 4) is 5.75 Å². The monoisotopic (exact) mass is 433 g/mol. The van der Waals surface area contributed by atoms with Gasteiger partial charge in [-0.05, 0) is 43.7 Å². The molecule has 3 heterocycles. The van der Waals surface area contributed by atoms with Crippen molar-refractivity contribution in [1.29, 1.82) is 0 Å². The normalized spacial score (nSPS) is 18.6. The molecular weight excluding hydrogens is 406 g/mol. The number of nitrogens with one attached hydrogen (secondary N) is 1. The number of hydrogen-bond donors (Lipinski definition) is 1. The van der Waals surface area contributed by atoms with Crippen LogP contribution in [0.15, 0.2) is 48.5 Å². The van der Waals surface area contributed by atoms with Gasteiger partial charge in [-0.25, -0.2) is 4.79 Å². The average Bonchev–Trinajstić information content (AvgIpc) is 3.40. The van der Waals surface area contributed by atoms with E-state index >= 15 is 0 Å². The van der Waals surface area contributed by atoms with Crippen LogP contribution in [0.2, 0.25) is 0 Å². The Kier molecular flexibility index (Phi) is 5.57. The maximum absolute atomic E-state index is 13.0. The van der Waals surface area contributed by atoms with Crippen molar-refractivity contribution in [2.24, 2.45) is 0 Å². The molecule has 1 N–H and O–H groups in total. The van der Waals surface area contributed by atoms with Gasteiger partial charge in [0, 0.05) is 48.7 Å². The summed E-state index contributed by atoms with van der Waals surface area (Å²) in [6, 6.07) is 15.3. The minimum atomic E-state index is -0.215. The molecule has 7 nitrogen and oxygen atoms in total. The number of esters is 1. The summed E-state index contributed by atoms with van der Waals surface area (Å²) in [5.41, 5.74) is 3.22. The van der Waals surface area contributed by atoms with Crippen LogP contribution in [0.4, 0.5) is 0 Å². The lowest BCUT2D eigenvalue weighted by Gasteiger charge is -2.34. The molecule has 0 bridgehead atoms. The highest BCUT2D eigenvalue weighted by Crippen LogP contribution is 2.33. The number of H-pyrrole nitrogens is 1. The van der Waals surface area contributed by atoms with Crippen LogP contribution in [0.1, 0.15) is 45.4 Å². The number of piperazine rings is 1. The van der Waals surface area contributed by atoms with Crippen LogP contribution in [0.5, 0.6) is 5.75 Å². The summed E-state index contributed by atoms with van der Waals surface area (Å²) in [7, 11) is 1.63. The Morgan fingerprint density at radius 1 is 1.12 bits per heavy atom. The molecule has 5 rings (SSSR count). The summed E-state index contributed by atoms with van der Waals surface area (Å²) in [5, 5.41) is 1.00. The van der Waals surface area contributed by atoms with E-state index in [4.69, 9.17) is 9.47 Å². The Morgan fingerprint density at radius 3 is 2.75 bits per heavy atom. The van der Waals surface area contributed by atoms with E-state index in [-0.39, 0.29) is 18.0 Å². The number of methoxy groups -OCH3 is 1. The van der Waals surface area contributed by atoms with Crippen molar-refractivity contribution in [3.05, 3.63) is 65.4 Å². The Bertz CT molecular complexity index is 1150. The zero-order valence-electron chi connectivity index (χ0n) is 18.2. The van der Waals surface area contributed by atoms with E-state index < -0.39 is 0 Å². The molecule has 0 radical (unpaired) electrons. The maximum Gasteiger partial charge on any atom is 0.339 e. The number of rotatable bonds is 6. The van der Waals surface area contributed by atoms with Crippen LogP contribution < -0.4 is 4.74 Å². The van der Waals surface area contributed by atoms with Crippen molar-refractivity contribution in [3.63, 3.8) is 0 Å². The maximum atomic E-state index is 13.0. The van der Waals surface area contributed by atoms with E-state index in [1.165, 1.54) is 0 Å². The number of hydrogen-bond acceptors (Lipinski definition) is 5. The van der Waals surface area contributed by atoms with Gasteiger partial charge in [0.2, 0.25) is 0 Å². The van der Waals surface area contributed by atoms with Crippen LogP contribution in [-0.2, 0) is 4.74 Å². The number of cyclic esters (lactones) is 1. The second-order valence-corrected chi connectivity index (χ2v) is 8.39. The molecule has 3 aromatic rings. The molecule has 2 aliphatic heterocycles. The first-order valence-corrected chi connectivity index (χ1v) is 11.1. The van der Waals surface area contributed by atoms with E-state index in [0.717, 1.165) is 54.7 Å². The molecule has 7 heteroatoms. The van der Waals surface area contributed by atoms with Crippen molar-refractivity contribution in [2.75, 3.05) is 39.8 Å². The van der Waals surface area contributed by atoms with E-state index in [2.05, 4.69) is 9.88 Å². The average molecular weight is 434 g/mol. The SMILES string of the molecule is COc1ccc2cc(C(=O)N3CCN(CCCC4OC(=O)c5ccccc54)CC3)[nH]c2c1. The molecule has 1 unspecified atom stereocenters. The number of carbonyl (C=O) groups excluding carboxylic acids is 2. The van der Waals surface area contributed by atoms with Gasteiger partial charge < -0.3 is 19.4 Å². The van der Waals surface area contributed by atoms with Gasteiger partial charge in [0.05, 0.1) is 12.7 Å². The summed E-state index contributed by atoms with van der Waals surface area (Å²) in [6.45, 7) is 4.05. The fourth-order valence-electron chi connectivity index (χ4n) is 4.63. The topological polar surface area (TPSA) is 74.9 Å². The lowest BCUT2D eigenvalue weighted by molar-refractivity contribution is 0.0353. The molecule has 1 atom stereocenters. The third kappa shape index (κ3) is 3.96. The van der Waals surface area contributed by atoms with Gasteiger partial charge in [-0.15, -0.1) is 0 Å². The van der Waals surface area contributed by atoms with Gasteiger partial charge in [0.25, 0.3) is 5.91 Å². The zero-order chi connectivity index (χ0) is 22.1. The van der Waals surface area contributed by atoms with Crippen LogP contribution in [-0.4, -0.2) is 66.5 Å². The first kappa shape index (κ1) is 20.6. The van der Waals surface area contributed by atoms with Crippen molar-refractivity contribution >= 4 is 22.8 Å². The van der Waals surface area contributed by atoms with Crippen molar-refractivity contribution in [1.82, 2.24) is 14.8 Å². The molecule has 32 heavy (non-hydrogen) atoms. The van der Waals surface area contributed by atoms with E-state index in [1.807, 2.05) is 53.4 Å². The van der Waals surface area contributed by atoms with Gasteiger partial charge in [-0.1, -0.05) is 18.2 Å². The van der Waals surface area contributed by atoms with E-state index in [9.17, 15) is 9.59 Å². The predicted octanol–water partition coefficient (Wildman–Crippen LogP) is 3.63. The molecule has 1 aromatic heterocycles. The first-order valence-electron chi connectivity index (χ1n) is 11.1. The van der Waals surface area contributed by atoms with Crippen LogP contribution in [0.3, 0.4) is 0 Å². The molecule has 0 aliphatic carbocycles. The number of aromatic amines is 1. The molecule has 2 aromatic carbocycles. The number of carbonyl (C=O) groups is 2. The quantitative estimate of drug-likeness (QED) is 0.601. The van der Waals surface area contributed by atoms with Gasteiger partial charge in [0.1, 0.15) is 17.5 Å². The fourth-order valence-corrected chi connectivity index (χ4v) is 4.63. The highest BCUT2D eigenvalue weighted by atomic mass is 16.5. The summed E-state index contributed by atoms with van der Waals surface area (Å²) < 4.78 is 10.8. The van der Waals surface area contributed by atoms with Crippen LogP contribution >= 0.6 is 0 Å². The summed E-state index contributed by atoms with van der Waals surface area (Å²) in [6.07, 6.45) is 1.63. The lowest BCUT2D eigenvalue weighted by atomic mass is 10.0. The Morgan fingerprint density at radius 2 is 1.94 bits per heavy atom. The number of fused-ring (bicyclic) bond motifs is 2. The standard InChI is InChI=1S/C25H27N3O4/c1-31-18-9-8-17-15-22(26-21(17)16-18)24(29)28-13-11-27(12-14-28)10-4-7-23-19-5-2-3-6-20(19)25(30)32-23/h2-3,5-6,8-9,15-16,23,26H,4,7,10-14H2,1H3. The first-order chi connectivity index (χ1) is 15.6. The smallest absolute Gasteiger partial charge is 0.339 e. The summed E-state index contributed by atoms with van der Waals surface area (Å²) in [5.74, 6) is 0.588. The third-order valence-corrected chi connectivity index (χ3v) is 6.44. The number of ether oxygens (including phenoxy) is 2. The fraction of sp³-hybridized carbons (Fsp3) is 0.360. The largest absolute Gasteiger partial charge is 0.497 e. The van der Waals surface area contributed by atoms with Crippen molar-refractivity contribution in [2.45, 2.75) is 18.9 Å². The van der Waals surface area contributed by atoms with E-state index in [1.54, 1.807) is 7.11 Å². The minimum Gasteiger partial charge on any atom is -0.497 e. The molecule has 0 spiro atoms. The third-order valence-electron chi connectivity index (χ3n) is 6.44. The summed E-state index contributed by atoms with van der Waals surface area (Å²) >= 11 is 0. The lowest BCUT2D eigenvalue weighted by Crippen LogP contribution is -2.48. The molecule has 1 fully saturated rings. The van der Waals surface area contributed by atoms with Gasteiger partial charge in [0.15, 0.2) is 0 Å². The number of amides is 1. The van der Waals surface area contributed by atoms with Gasteiger partial charge in [-0.3, -0.25) is 9.69 Å². The Hall–Kier alpha value is -3.32. The highest BCUT2D eigenvalue weighted by Gasteiger charge is 2.30. The molecule has 2 aliphatic rings. The van der Waals surface area contributed by atoms with Crippen molar-refractivity contribution < 1.29 is 19.1 Å². The zero-order valence-corrected chi connectivity index (χ0v) is 18.2. The number of aromatic nitrogens is 1. The molecule has 1 saturated heterocycles. The van der Waals surface area contributed by atoms with Gasteiger partial charge in [-0.2, -0.15) is 0 Å². The van der Waals surface area contributed by atoms with Crippen LogP contribution in [0, 0.1) is 0 Å². The molecular formula is C25H27N3O4. The predicted molar refractivity (Wildman–Crippen MR) is 121 cm³/mol. The Labute approximate surface area is 186 Å². The Balaban J connectivity index is 1.11. The molecule has 1 amide bonds. The van der Waals surface area contributed by atoms with Gasteiger partial charge >= 0.3 is 5.97 Å². The minimum absolute atomic E-state index is 0.0364. The molecule has 166 valence electrons. The number of nitrogens with zero attached hydrogens (tertiary/aromatic N) is 2. The van der Waals surface area contributed by atoms with Crippen LogP contribution in [0.25, 0.3) is 10.9 Å². The van der Waals surface area contributed by atoms with E-state index in [0.29, 0.717) is 24.3 Å². The summed E-state index contributed by atoms with van der Waals surface area (Å²) in [4.78, 5) is 32.4. The number of benzene rings is 2. The highest BCUT2D eigenvalue weighted by molar-refractivity contribution is 5.98. The molecule has 0 saturated carbocycles. The second kappa shape index (κ2) is 8.67.